The maximum Gasteiger partial charge on any atom is 0.405 e. The maximum absolute atomic E-state index is 10.6. The third-order valence-electron chi connectivity index (χ3n) is 2.98. The number of carbonyl (C=O) groups is 1. The van der Waals surface area contributed by atoms with Gasteiger partial charge in [-0.2, -0.15) is 0 Å². The number of hydrogen-bond donors (Lipinski definition) is 2. The summed E-state index contributed by atoms with van der Waals surface area (Å²) in [6.45, 7) is 3.57. The Morgan fingerprint density at radius 3 is 2.76 bits per heavy atom. The molecule has 0 aliphatic heterocycles. The Hall–Kier alpha value is -1.59. The molecule has 1 aromatic heterocycles. The lowest BCUT2D eigenvalue weighted by molar-refractivity contribution is 0.180. The van der Waals surface area contributed by atoms with Crippen molar-refractivity contribution in [1.29, 1.82) is 0 Å². The quantitative estimate of drug-likeness (QED) is 0.838. The average molecular weight is 239 g/mol. The van der Waals surface area contributed by atoms with Crippen LogP contribution in [0.25, 0.3) is 0 Å². The lowest BCUT2D eigenvalue weighted by atomic mass is 9.85. The highest BCUT2D eigenvalue weighted by Gasteiger charge is 2.28. The van der Waals surface area contributed by atoms with Gasteiger partial charge in [-0.15, -0.1) is 10.2 Å². The van der Waals surface area contributed by atoms with Gasteiger partial charge in [-0.1, -0.05) is 6.42 Å². The molecule has 0 aromatic carbocycles. The number of aromatic nitrogens is 2. The first kappa shape index (κ1) is 11.9. The van der Waals surface area contributed by atoms with Crippen molar-refractivity contribution in [3.8, 4) is 0 Å². The number of carboxylic acid groups (broad SMARTS) is 1. The van der Waals surface area contributed by atoms with Crippen molar-refractivity contribution in [3.63, 3.8) is 0 Å². The highest BCUT2D eigenvalue weighted by molar-refractivity contribution is 5.65. The van der Waals surface area contributed by atoms with Crippen molar-refractivity contribution in [2.75, 3.05) is 0 Å². The van der Waals surface area contributed by atoms with E-state index in [1.54, 1.807) is 13.8 Å². The fourth-order valence-electron chi connectivity index (χ4n) is 1.87. The van der Waals surface area contributed by atoms with E-state index >= 15 is 0 Å². The molecular formula is C11H17N3O3. The number of nitrogens with zero attached hydrogens (tertiary/aromatic N) is 2. The molecule has 6 heteroatoms. The summed E-state index contributed by atoms with van der Waals surface area (Å²) in [6, 6.07) is 0. The standard InChI is InChI=1S/C11H17N3O3/c1-11(2,12-10(15)16)6-8-13-14-9(17-8)7-4-3-5-7/h7,12H,3-6H2,1-2H3,(H,15,16). The van der Waals surface area contributed by atoms with Crippen LogP contribution in [0.3, 0.4) is 0 Å². The molecule has 1 aliphatic rings. The van der Waals surface area contributed by atoms with Gasteiger partial charge < -0.3 is 14.8 Å². The van der Waals surface area contributed by atoms with Crippen LogP contribution in [-0.4, -0.2) is 26.9 Å². The normalized spacial score (nSPS) is 16.6. The van der Waals surface area contributed by atoms with E-state index < -0.39 is 11.6 Å². The van der Waals surface area contributed by atoms with Crippen LogP contribution in [0.15, 0.2) is 4.42 Å². The molecule has 1 saturated carbocycles. The van der Waals surface area contributed by atoms with E-state index in [9.17, 15) is 4.79 Å². The van der Waals surface area contributed by atoms with E-state index in [-0.39, 0.29) is 0 Å². The van der Waals surface area contributed by atoms with Crippen molar-refractivity contribution >= 4 is 6.09 Å². The zero-order chi connectivity index (χ0) is 12.5. The van der Waals surface area contributed by atoms with Crippen molar-refractivity contribution in [1.82, 2.24) is 15.5 Å². The molecule has 2 N–H and O–H groups in total. The fourth-order valence-corrected chi connectivity index (χ4v) is 1.87. The summed E-state index contributed by atoms with van der Waals surface area (Å²) in [4.78, 5) is 10.6. The Labute approximate surface area is 99.4 Å². The summed E-state index contributed by atoms with van der Waals surface area (Å²) < 4.78 is 5.55. The van der Waals surface area contributed by atoms with Gasteiger partial charge in [-0.3, -0.25) is 0 Å². The van der Waals surface area contributed by atoms with Gasteiger partial charge in [-0.25, -0.2) is 4.79 Å². The highest BCUT2D eigenvalue weighted by atomic mass is 16.4. The molecule has 0 atom stereocenters. The Balaban J connectivity index is 1.98. The molecule has 1 aromatic rings. The largest absolute Gasteiger partial charge is 0.465 e. The summed E-state index contributed by atoms with van der Waals surface area (Å²) in [5.41, 5.74) is -0.602. The second kappa shape index (κ2) is 4.35. The monoisotopic (exact) mass is 239 g/mol. The van der Waals surface area contributed by atoms with E-state index in [0.29, 0.717) is 24.1 Å². The van der Waals surface area contributed by atoms with Crippen LogP contribution in [0.4, 0.5) is 4.79 Å². The summed E-state index contributed by atoms with van der Waals surface area (Å²) in [5, 5.41) is 19.1. The van der Waals surface area contributed by atoms with E-state index in [1.807, 2.05) is 0 Å². The van der Waals surface area contributed by atoms with Crippen LogP contribution in [0.5, 0.6) is 0 Å². The molecular weight excluding hydrogens is 222 g/mol. The van der Waals surface area contributed by atoms with Crippen molar-refractivity contribution in [2.24, 2.45) is 0 Å². The number of nitrogens with one attached hydrogen (secondary N) is 1. The Bertz CT molecular complexity index is 410. The smallest absolute Gasteiger partial charge is 0.405 e. The third-order valence-corrected chi connectivity index (χ3v) is 2.98. The van der Waals surface area contributed by atoms with Gasteiger partial charge in [0.15, 0.2) is 0 Å². The van der Waals surface area contributed by atoms with E-state index in [0.717, 1.165) is 12.8 Å². The predicted octanol–water partition coefficient (Wildman–Crippen LogP) is 1.93. The van der Waals surface area contributed by atoms with Gasteiger partial charge in [-0.05, 0) is 26.7 Å². The first-order valence-corrected chi connectivity index (χ1v) is 5.80. The Morgan fingerprint density at radius 2 is 2.24 bits per heavy atom. The van der Waals surface area contributed by atoms with Crippen LogP contribution in [0.1, 0.15) is 50.8 Å². The number of hydrogen-bond acceptors (Lipinski definition) is 4. The van der Waals surface area contributed by atoms with E-state index in [1.165, 1.54) is 6.42 Å². The lowest BCUT2D eigenvalue weighted by Crippen LogP contribution is -2.44. The van der Waals surface area contributed by atoms with Gasteiger partial charge >= 0.3 is 6.09 Å². The first-order valence-electron chi connectivity index (χ1n) is 5.80. The summed E-state index contributed by atoms with van der Waals surface area (Å²) in [5.74, 6) is 1.59. The molecule has 6 nitrogen and oxygen atoms in total. The van der Waals surface area contributed by atoms with Crippen LogP contribution >= 0.6 is 0 Å². The Morgan fingerprint density at radius 1 is 1.53 bits per heavy atom. The molecule has 94 valence electrons. The van der Waals surface area contributed by atoms with Gasteiger partial charge in [0, 0.05) is 17.9 Å². The fraction of sp³-hybridized carbons (Fsp3) is 0.727. The highest BCUT2D eigenvalue weighted by Crippen LogP contribution is 2.35. The molecule has 1 heterocycles. The molecule has 0 spiro atoms. The molecule has 0 radical (unpaired) electrons. The molecule has 17 heavy (non-hydrogen) atoms. The second-order valence-corrected chi connectivity index (χ2v) is 5.15. The predicted molar refractivity (Wildman–Crippen MR) is 59.8 cm³/mol. The molecule has 0 bridgehead atoms. The topological polar surface area (TPSA) is 88.3 Å². The molecule has 0 unspecified atom stereocenters. The minimum atomic E-state index is -1.05. The van der Waals surface area contributed by atoms with Crippen molar-refractivity contribution in [3.05, 3.63) is 11.8 Å². The molecule has 2 rings (SSSR count). The SMILES string of the molecule is CC(C)(Cc1nnc(C2CCC2)o1)NC(=O)O. The van der Waals surface area contributed by atoms with Crippen LogP contribution in [0.2, 0.25) is 0 Å². The molecule has 1 amide bonds. The van der Waals surface area contributed by atoms with E-state index in [2.05, 4.69) is 15.5 Å². The number of rotatable bonds is 4. The van der Waals surface area contributed by atoms with Gasteiger partial charge in [0.05, 0.1) is 0 Å². The first-order chi connectivity index (χ1) is 7.96. The average Bonchev–Trinajstić information content (AvgIpc) is 2.45. The van der Waals surface area contributed by atoms with Crippen molar-refractivity contribution in [2.45, 2.75) is 51.0 Å². The summed E-state index contributed by atoms with van der Waals surface area (Å²) in [6.07, 6.45) is 2.79. The Kier molecular flexibility index (Phi) is 3.04. The number of amides is 1. The maximum atomic E-state index is 10.6. The lowest BCUT2D eigenvalue weighted by Gasteiger charge is -2.23. The summed E-state index contributed by atoms with van der Waals surface area (Å²) >= 11 is 0. The minimum absolute atomic E-state index is 0.402. The second-order valence-electron chi connectivity index (χ2n) is 5.15. The van der Waals surface area contributed by atoms with Gasteiger partial charge in [0.1, 0.15) is 0 Å². The zero-order valence-corrected chi connectivity index (χ0v) is 10.1. The van der Waals surface area contributed by atoms with Gasteiger partial charge in [0.2, 0.25) is 11.8 Å². The van der Waals surface area contributed by atoms with Crippen LogP contribution in [-0.2, 0) is 6.42 Å². The summed E-state index contributed by atoms with van der Waals surface area (Å²) in [7, 11) is 0. The third kappa shape index (κ3) is 2.95. The van der Waals surface area contributed by atoms with Gasteiger partial charge in [0.25, 0.3) is 0 Å². The zero-order valence-electron chi connectivity index (χ0n) is 10.1. The molecule has 1 fully saturated rings. The van der Waals surface area contributed by atoms with Crippen molar-refractivity contribution < 1.29 is 14.3 Å². The molecule has 1 aliphatic carbocycles. The molecule has 0 saturated heterocycles. The van der Waals surface area contributed by atoms with Crippen LogP contribution in [0, 0.1) is 0 Å². The van der Waals surface area contributed by atoms with E-state index in [4.69, 9.17) is 9.52 Å². The minimum Gasteiger partial charge on any atom is -0.465 e. The van der Waals surface area contributed by atoms with Crippen LogP contribution < -0.4 is 5.32 Å².